The largest absolute Gasteiger partial charge is 0.393 e. The normalized spacial score (nSPS) is 42.0. The first-order chi connectivity index (χ1) is 14.5. The van der Waals surface area contributed by atoms with Crippen molar-refractivity contribution in [3.8, 4) is 11.3 Å². The Bertz CT molecular complexity index is 954. The van der Waals surface area contributed by atoms with Gasteiger partial charge >= 0.3 is 0 Å². The molecule has 1 N–H and O–H groups in total. The molecule has 3 fully saturated rings. The molecule has 3 unspecified atom stereocenters. The number of rotatable bonds is 1. The van der Waals surface area contributed by atoms with E-state index < -0.39 is 0 Å². The highest BCUT2D eigenvalue weighted by atomic mass is 16.3. The molecule has 2 nitrogen and oxygen atoms in total. The van der Waals surface area contributed by atoms with E-state index in [9.17, 15) is 5.11 Å². The number of fused-ring (bicyclic) bond motifs is 6. The zero-order valence-electron chi connectivity index (χ0n) is 18.5. The molecule has 4 aliphatic rings. The van der Waals surface area contributed by atoms with E-state index in [1.807, 2.05) is 0 Å². The van der Waals surface area contributed by atoms with Crippen LogP contribution in [0.15, 0.2) is 42.5 Å². The monoisotopic (exact) mass is 401 g/mol. The second kappa shape index (κ2) is 6.66. The molecule has 0 saturated heterocycles. The lowest BCUT2D eigenvalue weighted by atomic mass is 9.45. The summed E-state index contributed by atoms with van der Waals surface area (Å²) in [5.41, 5.74) is 5.79. The van der Waals surface area contributed by atoms with Crippen LogP contribution in [0.4, 0.5) is 0 Å². The molecule has 3 saturated carbocycles. The second-order valence-electron chi connectivity index (χ2n) is 11.3. The Morgan fingerprint density at radius 1 is 0.867 bits per heavy atom. The molecular formula is C28H35NO. The Labute approximate surface area is 181 Å². The fourth-order valence-corrected chi connectivity index (χ4v) is 8.40. The van der Waals surface area contributed by atoms with E-state index in [-0.39, 0.29) is 11.5 Å². The van der Waals surface area contributed by atoms with Crippen LogP contribution in [-0.4, -0.2) is 16.2 Å². The Kier molecular flexibility index (Phi) is 4.23. The van der Waals surface area contributed by atoms with Crippen LogP contribution < -0.4 is 0 Å². The maximum absolute atomic E-state index is 10.7. The van der Waals surface area contributed by atoms with Crippen molar-refractivity contribution in [3.05, 3.63) is 53.7 Å². The molecule has 0 aliphatic heterocycles. The zero-order valence-corrected chi connectivity index (χ0v) is 18.5. The number of aliphatic hydroxyl groups excluding tert-OH is 1. The Balaban J connectivity index is 1.32. The van der Waals surface area contributed by atoms with Crippen LogP contribution in [0.3, 0.4) is 0 Å². The number of aliphatic hydroxyl groups is 1. The molecule has 1 aromatic carbocycles. The standard InChI is InChI=1S/C28H35NO/c1-27-15-14-23-21(22(27)11-13-26(27)30)10-9-20-16-25-19(17-28(20,23)2)8-12-24(29-25)18-6-4-3-5-7-18/h3-8,12,20-23,26,30H,9-11,13-17H2,1-2H3/t20-,21?,22?,23?,26-,27-,28-/m0/s1. The summed E-state index contributed by atoms with van der Waals surface area (Å²) >= 11 is 0. The van der Waals surface area contributed by atoms with Gasteiger partial charge in [0, 0.05) is 11.3 Å². The van der Waals surface area contributed by atoms with Crippen molar-refractivity contribution in [2.45, 2.75) is 71.3 Å². The number of nitrogens with zero attached hydrogens (tertiary/aromatic N) is 1. The van der Waals surface area contributed by atoms with Crippen LogP contribution in [0.25, 0.3) is 11.3 Å². The van der Waals surface area contributed by atoms with Gasteiger partial charge in [-0.05, 0) is 97.5 Å². The van der Waals surface area contributed by atoms with Gasteiger partial charge in [-0.1, -0.05) is 50.2 Å². The van der Waals surface area contributed by atoms with Gasteiger partial charge in [0.2, 0.25) is 0 Å². The summed E-state index contributed by atoms with van der Waals surface area (Å²) in [4.78, 5) is 5.15. The van der Waals surface area contributed by atoms with Gasteiger partial charge in [0.25, 0.3) is 0 Å². The summed E-state index contributed by atoms with van der Waals surface area (Å²) in [5.74, 6) is 3.14. The van der Waals surface area contributed by atoms with Crippen LogP contribution in [0.1, 0.15) is 63.6 Å². The van der Waals surface area contributed by atoms with Crippen LogP contribution >= 0.6 is 0 Å². The summed E-state index contributed by atoms with van der Waals surface area (Å²) in [5, 5.41) is 10.7. The van der Waals surface area contributed by atoms with E-state index in [1.165, 1.54) is 55.3 Å². The van der Waals surface area contributed by atoms with E-state index >= 15 is 0 Å². The minimum atomic E-state index is -0.0679. The quantitative estimate of drug-likeness (QED) is 0.629. The Morgan fingerprint density at radius 3 is 2.50 bits per heavy atom. The van der Waals surface area contributed by atoms with Gasteiger partial charge in [0.1, 0.15) is 0 Å². The fraction of sp³-hybridized carbons (Fsp3) is 0.607. The maximum atomic E-state index is 10.7. The Morgan fingerprint density at radius 2 is 1.67 bits per heavy atom. The SMILES string of the molecule is C[C@]12CCC3C(CC[C@H]4Cc5nc(-c6ccccc6)ccc5C[C@]34C)C1CC[C@@H]2O. The van der Waals surface area contributed by atoms with Crippen molar-refractivity contribution in [1.29, 1.82) is 0 Å². The number of hydrogen-bond donors (Lipinski definition) is 1. The summed E-state index contributed by atoms with van der Waals surface area (Å²) in [6, 6.07) is 15.2. The van der Waals surface area contributed by atoms with Crippen molar-refractivity contribution in [2.75, 3.05) is 0 Å². The molecular weight excluding hydrogens is 366 g/mol. The van der Waals surface area contributed by atoms with Gasteiger partial charge in [-0.3, -0.25) is 4.98 Å². The molecule has 2 aromatic rings. The van der Waals surface area contributed by atoms with Gasteiger partial charge < -0.3 is 5.11 Å². The average molecular weight is 402 g/mol. The molecule has 30 heavy (non-hydrogen) atoms. The Hall–Kier alpha value is -1.67. The van der Waals surface area contributed by atoms with Crippen molar-refractivity contribution < 1.29 is 5.11 Å². The molecule has 0 bridgehead atoms. The minimum absolute atomic E-state index is 0.0679. The molecule has 7 atom stereocenters. The highest BCUT2D eigenvalue weighted by Gasteiger charge is 2.60. The van der Waals surface area contributed by atoms with E-state index in [4.69, 9.17) is 4.98 Å². The van der Waals surface area contributed by atoms with Gasteiger partial charge in [0.05, 0.1) is 11.8 Å². The molecule has 2 heteroatoms. The summed E-state index contributed by atoms with van der Waals surface area (Å²) in [6.45, 7) is 5.00. The van der Waals surface area contributed by atoms with Gasteiger partial charge in [-0.25, -0.2) is 0 Å². The minimum Gasteiger partial charge on any atom is -0.393 e. The number of pyridine rings is 1. The van der Waals surface area contributed by atoms with Crippen molar-refractivity contribution in [1.82, 2.24) is 4.98 Å². The van der Waals surface area contributed by atoms with Crippen LogP contribution in [-0.2, 0) is 12.8 Å². The van der Waals surface area contributed by atoms with Crippen LogP contribution in [0.2, 0.25) is 0 Å². The molecule has 0 spiro atoms. The third kappa shape index (κ3) is 2.62. The van der Waals surface area contributed by atoms with Crippen molar-refractivity contribution in [3.63, 3.8) is 0 Å². The number of hydrogen-bond acceptors (Lipinski definition) is 2. The van der Waals surface area contributed by atoms with E-state index in [0.717, 1.165) is 42.2 Å². The molecule has 1 aromatic heterocycles. The van der Waals surface area contributed by atoms with E-state index in [0.29, 0.717) is 5.41 Å². The first-order valence-electron chi connectivity index (χ1n) is 12.2. The molecule has 6 rings (SSSR count). The van der Waals surface area contributed by atoms with Crippen LogP contribution in [0, 0.1) is 34.5 Å². The highest BCUT2D eigenvalue weighted by molar-refractivity contribution is 5.59. The lowest BCUT2D eigenvalue weighted by Crippen LogP contribution is -2.54. The maximum Gasteiger partial charge on any atom is 0.0705 e. The molecule has 4 aliphatic carbocycles. The number of benzene rings is 1. The molecule has 0 radical (unpaired) electrons. The van der Waals surface area contributed by atoms with E-state index in [2.05, 4.69) is 56.3 Å². The first kappa shape index (κ1) is 19.0. The van der Waals surface area contributed by atoms with Gasteiger partial charge in [0.15, 0.2) is 0 Å². The molecule has 1 heterocycles. The lowest BCUT2D eigenvalue weighted by molar-refractivity contribution is -0.111. The predicted octanol–water partition coefficient (Wildman–Crippen LogP) is 6.07. The second-order valence-corrected chi connectivity index (χ2v) is 11.3. The van der Waals surface area contributed by atoms with E-state index in [1.54, 1.807) is 0 Å². The lowest BCUT2D eigenvalue weighted by Gasteiger charge is -2.60. The van der Waals surface area contributed by atoms with Gasteiger partial charge in [-0.15, -0.1) is 0 Å². The fourth-order valence-electron chi connectivity index (χ4n) is 8.40. The molecule has 158 valence electrons. The van der Waals surface area contributed by atoms with Crippen molar-refractivity contribution >= 4 is 0 Å². The van der Waals surface area contributed by atoms with Gasteiger partial charge in [-0.2, -0.15) is 0 Å². The zero-order chi connectivity index (χ0) is 20.5. The average Bonchev–Trinajstić information content (AvgIpc) is 3.07. The highest BCUT2D eigenvalue weighted by Crippen LogP contribution is 2.65. The predicted molar refractivity (Wildman–Crippen MR) is 121 cm³/mol. The summed E-state index contributed by atoms with van der Waals surface area (Å²) in [7, 11) is 0. The number of aromatic nitrogens is 1. The third-order valence-electron chi connectivity index (χ3n) is 10.2. The third-order valence-corrected chi connectivity index (χ3v) is 10.2. The summed E-state index contributed by atoms with van der Waals surface area (Å²) < 4.78 is 0. The van der Waals surface area contributed by atoms with Crippen molar-refractivity contribution in [2.24, 2.45) is 34.5 Å². The molecule has 0 amide bonds. The first-order valence-corrected chi connectivity index (χ1v) is 12.2. The van der Waals surface area contributed by atoms with Crippen LogP contribution in [0.5, 0.6) is 0 Å². The topological polar surface area (TPSA) is 33.1 Å². The summed E-state index contributed by atoms with van der Waals surface area (Å²) in [6.07, 6.45) is 9.80. The smallest absolute Gasteiger partial charge is 0.0705 e.